The molecule has 1 aliphatic rings. The van der Waals surface area contributed by atoms with Gasteiger partial charge in [-0.05, 0) is 0 Å². The second-order valence-corrected chi connectivity index (χ2v) is 5.18. The average Bonchev–Trinajstić information content (AvgIpc) is 2.99. The highest BCUT2D eigenvalue weighted by Gasteiger charge is 2.16. The molecule has 1 saturated heterocycles. The molecule has 2 N–H and O–H groups in total. The Labute approximate surface area is 120 Å². The first-order valence-electron chi connectivity index (χ1n) is 6.30. The van der Waals surface area contributed by atoms with Gasteiger partial charge in [0.1, 0.15) is 12.2 Å². The van der Waals surface area contributed by atoms with E-state index in [1.807, 2.05) is 0 Å². The van der Waals surface area contributed by atoms with E-state index in [1.54, 1.807) is 4.90 Å². The van der Waals surface area contributed by atoms with Crippen LogP contribution in [0.4, 0.5) is 0 Å². The van der Waals surface area contributed by atoms with E-state index < -0.39 is 0 Å². The van der Waals surface area contributed by atoms with Crippen LogP contribution in [0.5, 0.6) is 0 Å². The van der Waals surface area contributed by atoms with Crippen LogP contribution < -0.4 is 5.32 Å². The lowest BCUT2D eigenvalue weighted by Gasteiger charge is -2.26. The molecule has 1 aromatic rings. The smallest absolute Gasteiger partial charge is 0.232 e. The second kappa shape index (κ2) is 7.85. The van der Waals surface area contributed by atoms with Gasteiger partial charge in [0.2, 0.25) is 11.8 Å². The number of aromatic nitrogens is 3. The van der Waals surface area contributed by atoms with E-state index in [0.29, 0.717) is 44.4 Å². The van der Waals surface area contributed by atoms with Gasteiger partial charge in [0, 0.05) is 13.1 Å². The summed E-state index contributed by atoms with van der Waals surface area (Å²) in [5.74, 6) is 1.11. The van der Waals surface area contributed by atoms with Gasteiger partial charge in [-0.3, -0.25) is 14.7 Å². The van der Waals surface area contributed by atoms with E-state index in [4.69, 9.17) is 4.74 Å². The van der Waals surface area contributed by atoms with Crippen molar-refractivity contribution in [2.45, 2.75) is 6.54 Å². The number of aromatic amines is 1. The number of morpholine rings is 1. The molecular formula is C11H17N5O3S. The lowest BCUT2D eigenvalue weighted by molar-refractivity contribution is -0.132. The molecule has 8 nitrogen and oxygen atoms in total. The molecule has 20 heavy (non-hydrogen) atoms. The minimum atomic E-state index is -0.124. The summed E-state index contributed by atoms with van der Waals surface area (Å²) < 4.78 is 5.18. The summed E-state index contributed by atoms with van der Waals surface area (Å²) in [6.07, 6.45) is 1.39. The van der Waals surface area contributed by atoms with Crippen LogP contribution in [0.15, 0.2) is 6.33 Å². The molecule has 0 spiro atoms. The molecule has 1 fully saturated rings. The number of thioether (sulfide) groups is 1. The van der Waals surface area contributed by atoms with Gasteiger partial charge in [-0.15, -0.1) is 11.8 Å². The fourth-order valence-electron chi connectivity index (χ4n) is 1.68. The molecule has 2 amide bonds. The molecule has 0 aromatic carbocycles. The summed E-state index contributed by atoms with van der Waals surface area (Å²) in [4.78, 5) is 29.0. The Kier molecular flexibility index (Phi) is 5.81. The topological polar surface area (TPSA) is 100 Å². The maximum atomic E-state index is 11.8. The van der Waals surface area contributed by atoms with E-state index in [9.17, 15) is 9.59 Å². The molecule has 110 valence electrons. The molecule has 9 heteroatoms. The van der Waals surface area contributed by atoms with Gasteiger partial charge in [0.05, 0.1) is 31.3 Å². The number of carbonyl (C=O) groups is 2. The van der Waals surface area contributed by atoms with Crippen molar-refractivity contribution in [3.8, 4) is 0 Å². The molecule has 1 aromatic heterocycles. The standard InChI is InChI=1S/C11H17N5O3S/c17-10(12-5-9-13-8-14-15-9)6-20-7-11(18)16-1-3-19-4-2-16/h8H,1-7H2,(H,12,17)(H,13,14,15). The van der Waals surface area contributed by atoms with Crippen LogP contribution in [0.2, 0.25) is 0 Å². The molecule has 2 rings (SSSR count). The van der Waals surface area contributed by atoms with Crippen LogP contribution in [-0.4, -0.2) is 69.7 Å². The maximum Gasteiger partial charge on any atom is 0.232 e. The Hall–Kier alpha value is -1.61. The Balaban J connectivity index is 1.57. The first-order chi connectivity index (χ1) is 9.75. The Morgan fingerprint density at radius 1 is 1.40 bits per heavy atom. The summed E-state index contributed by atoms with van der Waals surface area (Å²) in [6, 6.07) is 0. The van der Waals surface area contributed by atoms with Crippen molar-refractivity contribution in [2.24, 2.45) is 0 Å². The van der Waals surface area contributed by atoms with Gasteiger partial charge in [-0.1, -0.05) is 0 Å². The van der Waals surface area contributed by atoms with Gasteiger partial charge in [-0.2, -0.15) is 5.10 Å². The van der Waals surface area contributed by atoms with Crippen molar-refractivity contribution in [3.63, 3.8) is 0 Å². The van der Waals surface area contributed by atoms with Crippen molar-refractivity contribution in [1.82, 2.24) is 25.4 Å². The number of hydrogen-bond acceptors (Lipinski definition) is 6. The fourth-order valence-corrected chi connectivity index (χ4v) is 2.43. The average molecular weight is 299 g/mol. The number of nitrogens with one attached hydrogen (secondary N) is 2. The highest BCUT2D eigenvalue weighted by Crippen LogP contribution is 2.05. The van der Waals surface area contributed by atoms with Gasteiger partial charge in [0.25, 0.3) is 0 Å². The van der Waals surface area contributed by atoms with Crippen LogP contribution in [-0.2, 0) is 20.9 Å². The van der Waals surface area contributed by atoms with Crippen molar-refractivity contribution in [3.05, 3.63) is 12.2 Å². The summed E-state index contributed by atoms with van der Waals surface area (Å²) >= 11 is 1.31. The zero-order chi connectivity index (χ0) is 14.2. The lowest BCUT2D eigenvalue weighted by atomic mass is 10.4. The van der Waals surface area contributed by atoms with E-state index in [2.05, 4.69) is 20.5 Å². The number of carbonyl (C=O) groups excluding carboxylic acids is 2. The molecular weight excluding hydrogens is 282 g/mol. The van der Waals surface area contributed by atoms with E-state index in [0.717, 1.165) is 0 Å². The Bertz CT molecular complexity index is 433. The monoisotopic (exact) mass is 299 g/mol. The molecule has 0 unspecified atom stereocenters. The van der Waals surface area contributed by atoms with E-state index in [-0.39, 0.29) is 17.6 Å². The third-order valence-corrected chi connectivity index (χ3v) is 3.66. The van der Waals surface area contributed by atoms with Gasteiger partial charge in [-0.25, -0.2) is 4.98 Å². The van der Waals surface area contributed by atoms with Gasteiger partial charge >= 0.3 is 0 Å². The van der Waals surface area contributed by atoms with Crippen LogP contribution in [0, 0.1) is 0 Å². The first kappa shape index (κ1) is 14.8. The minimum Gasteiger partial charge on any atom is -0.378 e. The quantitative estimate of drug-likeness (QED) is 0.700. The van der Waals surface area contributed by atoms with Crippen molar-refractivity contribution < 1.29 is 14.3 Å². The predicted octanol–water partition coefficient (Wildman–Crippen LogP) is -0.987. The predicted molar refractivity (Wildman–Crippen MR) is 73.0 cm³/mol. The molecule has 0 aliphatic carbocycles. The normalized spacial score (nSPS) is 15.1. The summed E-state index contributed by atoms with van der Waals surface area (Å²) in [5, 5.41) is 9.04. The van der Waals surface area contributed by atoms with Crippen LogP contribution in [0.25, 0.3) is 0 Å². The molecule has 0 atom stereocenters. The van der Waals surface area contributed by atoms with Crippen LogP contribution in [0.3, 0.4) is 0 Å². The molecule has 0 bridgehead atoms. The third kappa shape index (κ3) is 4.82. The zero-order valence-electron chi connectivity index (χ0n) is 11.0. The van der Waals surface area contributed by atoms with Gasteiger partial charge < -0.3 is 15.0 Å². The highest BCUT2D eigenvalue weighted by molar-refractivity contribution is 8.00. The number of ether oxygens (including phenoxy) is 1. The van der Waals surface area contributed by atoms with E-state index in [1.165, 1.54) is 18.1 Å². The highest BCUT2D eigenvalue weighted by atomic mass is 32.2. The maximum absolute atomic E-state index is 11.8. The van der Waals surface area contributed by atoms with Crippen molar-refractivity contribution in [1.29, 1.82) is 0 Å². The van der Waals surface area contributed by atoms with Crippen LogP contribution >= 0.6 is 11.8 Å². The number of rotatable bonds is 6. The number of H-pyrrole nitrogens is 1. The first-order valence-corrected chi connectivity index (χ1v) is 7.45. The molecule has 0 radical (unpaired) electrons. The zero-order valence-corrected chi connectivity index (χ0v) is 11.8. The minimum absolute atomic E-state index is 0.0568. The summed E-state index contributed by atoms with van der Waals surface area (Å²) in [5.41, 5.74) is 0. The largest absolute Gasteiger partial charge is 0.378 e. The number of nitrogens with zero attached hydrogens (tertiary/aromatic N) is 3. The molecule has 2 heterocycles. The van der Waals surface area contributed by atoms with Crippen molar-refractivity contribution >= 4 is 23.6 Å². The molecule has 0 saturated carbocycles. The second-order valence-electron chi connectivity index (χ2n) is 4.19. The molecule has 1 aliphatic heterocycles. The summed E-state index contributed by atoms with van der Waals surface area (Å²) in [6.45, 7) is 2.77. The SMILES string of the molecule is O=C(CSCC(=O)N1CCOCC1)NCc1ncn[nH]1. The third-order valence-electron chi connectivity index (χ3n) is 2.74. The summed E-state index contributed by atoms with van der Waals surface area (Å²) in [7, 11) is 0. The van der Waals surface area contributed by atoms with E-state index >= 15 is 0 Å². The van der Waals surface area contributed by atoms with Crippen LogP contribution in [0.1, 0.15) is 5.82 Å². The lowest BCUT2D eigenvalue weighted by Crippen LogP contribution is -2.41. The number of amides is 2. The van der Waals surface area contributed by atoms with Crippen molar-refractivity contribution in [2.75, 3.05) is 37.8 Å². The van der Waals surface area contributed by atoms with Gasteiger partial charge in [0.15, 0.2) is 0 Å². The Morgan fingerprint density at radius 3 is 2.90 bits per heavy atom. The Morgan fingerprint density at radius 2 is 2.20 bits per heavy atom. The fraction of sp³-hybridized carbons (Fsp3) is 0.636. The number of hydrogen-bond donors (Lipinski definition) is 2.